The zero-order valence-corrected chi connectivity index (χ0v) is 16.5. The lowest BCUT2D eigenvalue weighted by molar-refractivity contribution is 0.411. The van der Waals surface area contributed by atoms with E-state index in [0.717, 1.165) is 11.9 Å². The summed E-state index contributed by atoms with van der Waals surface area (Å²) in [6.07, 6.45) is 3.02. The van der Waals surface area contributed by atoms with Crippen LogP contribution in [0.15, 0.2) is 54.0 Å². The number of hydrogen-bond donors (Lipinski definition) is 0. The Labute approximate surface area is 161 Å². The molecule has 0 aliphatic carbocycles. The highest BCUT2D eigenvalue weighted by Gasteiger charge is 2.20. The predicted octanol–water partition coefficient (Wildman–Crippen LogP) is 7.04. The smallest absolute Gasteiger partial charge is 0.0822 e. The zero-order valence-electron chi connectivity index (χ0n) is 15.7. The van der Waals surface area contributed by atoms with E-state index < -0.39 is 0 Å². The molecule has 0 N–H and O–H groups in total. The summed E-state index contributed by atoms with van der Waals surface area (Å²) in [6, 6.07) is 15.8. The summed E-state index contributed by atoms with van der Waals surface area (Å²) in [5.41, 5.74) is 6.67. The fraction of sp³-hybridized carbons (Fsp3) is 0.208. The summed E-state index contributed by atoms with van der Waals surface area (Å²) >= 11 is 1.83. The van der Waals surface area contributed by atoms with Gasteiger partial charge in [0, 0.05) is 22.4 Å². The molecule has 2 aromatic carbocycles. The first-order chi connectivity index (χ1) is 13.0. The van der Waals surface area contributed by atoms with Gasteiger partial charge in [-0.1, -0.05) is 45.0 Å². The maximum Gasteiger partial charge on any atom is 0.0822 e. The number of rotatable bonds is 1. The van der Waals surface area contributed by atoms with Gasteiger partial charge in [0.1, 0.15) is 0 Å². The van der Waals surface area contributed by atoms with Crippen LogP contribution in [0.25, 0.3) is 48.3 Å². The van der Waals surface area contributed by atoms with Gasteiger partial charge in [-0.3, -0.25) is 4.98 Å². The fourth-order valence-corrected chi connectivity index (χ4v) is 5.56. The molecule has 0 fully saturated rings. The van der Waals surface area contributed by atoms with Gasteiger partial charge < -0.3 is 4.40 Å². The molecular weight excluding hydrogens is 348 g/mol. The van der Waals surface area contributed by atoms with Gasteiger partial charge >= 0.3 is 0 Å². The Bertz CT molecular complexity index is 1480. The largest absolute Gasteiger partial charge is 0.307 e. The molecule has 0 unspecified atom stereocenters. The normalized spacial score (nSPS) is 13.1. The van der Waals surface area contributed by atoms with E-state index in [-0.39, 0.29) is 5.41 Å². The van der Waals surface area contributed by atoms with Crippen molar-refractivity contribution in [3.8, 4) is 0 Å². The minimum absolute atomic E-state index is 0.256. The van der Waals surface area contributed by atoms with Crippen LogP contribution in [-0.2, 0) is 6.42 Å². The number of hydrogen-bond acceptors (Lipinski definition) is 2. The van der Waals surface area contributed by atoms with E-state index in [1.807, 2.05) is 17.5 Å². The number of pyridine rings is 2. The molecule has 0 bridgehead atoms. The summed E-state index contributed by atoms with van der Waals surface area (Å²) < 4.78 is 3.84. The molecule has 6 rings (SSSR count). The molecule has 27 heavy (non-hydrogen) atoms. The number of fused-ring (bicyclic) bond motifs is 5. The molecule has 132 valence electrons. The molecule has 0 saturated carbocycles. The molecule has 0 aliphatic heterocycles. The molecule has 4 aromatic heterocycles. The van der Waals surface area contributed by atoms with Gasteiger partial charge in [-0.25, -0.2) is 0 Å². The van der Waals surface area contributed by atoms with E-state index in [4.69, 9.17) is 4.98 Å². The van der Waals surface area contributed by atoms with Crippen LogP contribution in [0, 0.1) is 5.41 Å². The Morgan fingerprint density at radius 2 is 1.85 bits per heavy atom. The molecular formula is C24H20N2S. The summed E-state index contributed by atoms with van der Waals surface area (Å²) in [5.74, 6) is 0. The monoisotopic (exact) mass is 368 g/mol. The van der Waals surface area contributed by atoms with E-state index in [0.29, 0.717) is 0 Å². The molecule has 0 amide bonds. The predicted molar refractivity (Wildman–Crippen MR) is 117 cm³/mol. The molecule has 0 aliphatic rings. The van der Waals surface area contributed by atoms with Crippen molar-refractivity contribution >= 4 is 59.6 Å². The van der Waals surface area contributed by atoms with Gasteiger partial charge in [-0.2, -0.15) is 0 Å². The van der Waals surface area contributed by atoms with Crippen molar-refractivity contribution < 1.29 is 0 Å². The number of thiophene rings is 1. The Morgan fingerprint density at radius 3 is 2.70 bits per heavy atom. The van der Waals surface area contributed by atoms with Crippen LogP contribution >= 0.6 is 11.3 Å². The first kappa shape index (κ1) is 15.4. The zero-order chi connectivity index (χ0) is 18.3. The summed E-state index contributed by atoms with van der Waals surface area (Å²) in [6.45, 7) is 6.92. The molecule has 3 heteroatoms. The Hall–Kier alpha value is -2.65. The highest BCUT2D eigenvalue weighted by molar-refractivity contribution is 7.18. The fourth-order valence-electron chi connectivity index (χ4n) is 4.66. The first-order valence-corrected chi connectivity index (χ1v) is 10.3. The second-order valence-corrected chi connectivity index (χ2v) is 9.70. The quantitative estimate of drug-likeness (QED) is 0.225. The SMILES string of the molecule is CC(C)(C)Cc1cc2ccnc3c4cccc5c6sccc6n(c(c1)c23)c45. The molecule has 6 aromatic rings. The summed E-state index contributed by atoms with van der Waals surface area (Å²) in [5, 5.41) is 7.35. The van der Waals surface area contributed by atoms with Gasteiger partial charge in [0.15, 0.2) is 0 Å². The van der Waals surface area contributed by atoms with Crippen molar-refractivity contribution in [1.82, 2.24) is 9.38 Å². The third-order valence-electron chi connectivity index (χ3n) is 5.52. The third-order valence-corrected chi connectivity index (χ3v) is 6.46. The van der Waals surface area contributed by atoms with Crippen molar-refractivity contribution in [2.45, 2.75) is 27.2 Å². The topological polar surface area (TPSA) is 17.3 Å². The van der Waals surface area contributed by atoms with Crippen LogP contribution < -0.4 is 0 Å². The lowest BCUT2D eigenvalue weighted by Crippen LogP contribution is -2.09. The second-order valence-electron chi connectivity index (χ2n) is 8.78. The highest BCUT2D eigenvalue weighted by Crippen LogP contribution is 2.41. The van der Waals surface area contributed by atoms with Crippen LogP contribution in [0.1, 0.15) is 26.3 Å². The lowest BCUT2D eigenvalue weighted by atomic mass is 9.87. The third kappa shape index (κ3) is 2.03. The number of benzene rings is 2. The maximum atomic E-state index is 4.81. The standard InChI is InChI=1S/C24H20N2S/c1-24(2,3)13-14-11-15-7-9-25-21-16-5-4-6-17-22(16)26(19(12-14)20(15)21)18-8-10-27-23(17)18/h4-12H,13H2,1-3H3. The van der Waals surface area contributed by atoms with Crippen LogP contribution in [0.4, 0.5) is 0 Å². The van der Waals surface area contributed by atoms with Crippen LogP contribution in [-0.4, -0.2) is 9.38 Å². The van der Waals surface area contributed by atoms with Crippen molar-refractivity contribution in [1.29, 1.82) is 0 Å². The Morgan fingerprint density at radius 1 is 1.00 bits per heavy atom. The molecule has 0 radical (unpaired) electrons. The maximum absolute atomic E-state index is 4.81. The van der Waals surface area contributed by atoms with Crippen molar-refractivity contribution in [3.05, 3.63) is 59.6 Å². The Kier molecular flexibility index (Phi) is 2.85. The van der Waals surface area contributed by atoms with E-state index in [9.17, 15) is 0 Å². The van der Waals surface area contributed by atoms with Gasteiger partial charge in [-0.05, 0) is 46.4 Å². The van der Waals surface area contributed by atoms with Gasteiger partial charge in [0.25, 0.3) is 0 Å². The van der Waals surface area contributed by atoms with E-state index in [2.05, 4.69) is 73.0 Å². The van der Waals surface area contributed by atoms with Crippen LogP contribution in [0.3, 0.4) is 0 Å². The van der Waals surface area contributed by atoms with Crippen molar-refractivity contribution in [2.75, 3.05) is 0 Å². The average Bonchev–Trinajstić information content (AvgIpc) is 3.19. The summed E-state index contributed by atoms with van der Waals surface area (Å²) in [7, 11) is 0. The average molecular weight is 369 g/mol. The van der Waals surface area contributed by atoms with E-state index >= 15 is 0 Å². The van der Waals surface area contributed by atoms with Gasteiger partial charge in [-0.15, -0.1) is 11.3 Å². The van der Waals surface area contributed by atoms with E-state index in [1.54, 1.807) is 0 Å². The van der Waals surface area contributed by atoms with Crippen LogP contribution in [0.5, 0.6) is 0 Å². The van der Waals surface area contributed by atoms with Crippen molar-refractivity contribution in [2.24, 2.45) is 5.41 Å². The minimum Gasteiger partial charge on any atom is -0.307 e. The molecule has 2 nitrogen and oxygen atoms in total. The Balaban J connectivity index is 1.92. The second kappa shape index (κ2) is 4.99. The number of aromatic nitrogens is 2. The minimum atomic E-state index is 0.256. The molecule has 0 atom stereocenters. The molecule has 0 spiro atoms. The number of nitrogens with zero attached hydrogens (tertiary/aromatic N) is 2. The lowest BCUT2D eigenvalue weighted by Gasteiger charge is -2.20. The summed E-state index contributed by atoms with van der Waals surface area (Å²) in [4.78, 5) is 4.81. The van der Waals surface area contributed by atoms with Gasteiger partial charge in [0.2, 0.25) is 0 Å². The van der Waals surface area contributed by atoms with Gasteiger partial charge in [0.05, 0.1) is 26.8 Å². The van der Waals surface area contributed by atoms with Crippen LogP contribution in [0.2, 0.25) is 0 Å². The van der Waals surface area contributed by atoms with Crippen molar-refractivity contribution in [3.63, 3.8) is 0 Å². The molecule has 4 heterocycles. The van der Waals surface area contributed by atoms with E-state index in [1.165, 1.54) is 48.4 Å². The molecule has 0 saturated heterocycles. The first-order valence-electron chi connectivity index (χ1n) is 9.44. The number of para-hydroxylation sites is 1. The highest BCUT2D eigenvalue weighted by atomic mass is 32.1.